The molecule has 3 heterocycles. The van der Waals surface area contributed by atoms with Gasteiger partial charge in [0.25, 0.3) is 5.91 Å². The first-order valence-corrected chi connectivity index (χ1v) is 15.5. The summed E-state index contributed by atoms with van der Waals surface area (Å²) < 4.78 is 86.1. The SMILES string of the molecule is [2H]C([2H])([2H])N1C(=O)c2cccc(OC(F)F)c2[C@H]2C[C@@H]1c1nc3ccc(-c4cc(F)c([C@@H](C)P(C)(C)=O)cc4C)cc3n12. The average molecular weight is 571 g/mol. The highest BCUT2D eigenvalue weighted by Gasteiger charge is 2.45. The van der Waals surface area contributed by atoms with Crippen molar-refractivity contribution in [2.75, 3.05) is 20.3 Å². The van der Waals surface area contributed by atoms with Crippen LogP contribution in [-0.4, -0.2) is 47.3 Å². The Hall–Kier alpha value is -3.58. The number of fused-ring (bicyclic) bond motifs is 9. The number of hydrogen-bond donors (Lipinski definition) is 0. The molecule has 0 N–H and O–H groups in total. The topological polar surface area (TPSA) is 64.4 Å². The molecule has 6 rings (SSSR count). The quantitative estimate of drug-likeness (QED) is 0.232. The van der Waals surface area contributed by atoms with Gasteiger partial charge in [0.05, 0.1) is 30.3 Å². The van der Waals surface area contributed by atoms with Crippen molar-refractivity contribution in [3.05, 3.63) is 82.4 Å². The highest BCUT2D eigenvalue weighted by atomic mass is 31.2. The molecule has 0 saturated heterocycles. The summed E-state index contributed by atoms with van der Waals surface area (Å²) in [6.45, 7) is 0.850. The van der Waals surface area contributed by atoms with Gasteiger partial charge in [-0.25, -0.2) is 9.37 Å². The predicted molar refractivity (Wildman–Crippen MR) is 148 cm³/mol. The highest BCUT2D eigenvalue weighted by Crippen LogP contribution is 2.54. The third-order valence-corrected chi connectivity index (χ3v) is 10.3. The molecule has 6 nitrogen and oxygen atoms in total. The third kappa shape index (κ3) is 4.05. The zero-order valence-electron chi connectivity index (χ0n) is 25.3. The van der Waals surface area contributed by atoms with Gasteiger partial charge in [0.2, 0.25) is 0 Å². The smallest absolute Gasteiger partial charge is 0.387 e. The van der Waals surface area contributed by atoms with Crippen molar-refractivity contribution >= 4 is 24.1 Å². The lowest BCUT2D eigenvalue weighted by atomic mass is 9.96. The van der Waals surface area contributed by atoms with E-state index in [2.05, 4.69) is 0 Å². The molecule has 3 atom stereocenters. The fourth-order valence-corrected chi connectivity index (χ4v) is 6.81. The Labute approximate surface area is 234 Å². The van der Waals surface area contributed by atoms with E-state index in [0.29, 0.717) is 33.5 Å². The number of imidazole rings is 1. The zero-order valence-corrected chi connectivity index (χ0v) is 23.2. The molecule has 2 bridgehead atoms. The van der Waals surface area contributed by atoms with Gasteiger partial charge in [0, 0.05) is 34.3 Å². The second kappa shape index (κ2) is 9.23. The molecule has 1 aromatic heterocycles. The second-order valence-electron chi connectivity index (χ2n) is 10.9. The number of carbonyl (C=O) groups is 1. The summed E-state index contributed by atoms with van der Waals surface area (Å²) in [5, 5.41) is 0. The molecule has 10 heteroatoms. The van der Waals surface area contributed by atoms with E-state index in [0.717, 1.165) is 10.5 Å². The fraction of sp³-hybridized carbons (Fsp3) is 0.333. The molecular weight excluding hydrogens is 538 g/mol. The van der Waals surface area contributed by atoms with E-state index in [9.17, 15) is 18.1 Å². The van der Waals surface area contributed by atoms with Gasteiger partial charge in [-0.05, 0) is 72.8 Å². The number of benzene rings is 3. The summed E-state index contributed by atoms with van der Waals surface area (Å²) in [6, 6.07) is 10.9. The number of rotatable bonds is 5. The molecule has 2 aliphatic rings. The number of amides is 1. The first kappa shape index (κ1) is 23.2. The van der Waals surface area contributed by atoms with Crippen LogP contribution in [0.1, 0.15) is 68.1 Å². The number of alkyl halides is 2. The Morgan fingerprint density at radius 3 is 2.60 bits per heavy atom. The van der Waals surface area contributed by atoms with Crippen LogP contribution in [0.25, 0.3) is 22.2 Å². The van der Waals surface area contributed by atoms with Gasteiger partial charge in [-0.1, -0.05) is 25.1 Å². The Morgan fingerprint density at radius 1 is 1.12 bits per heavy atom. The summed E-state index contributed by atoms with van der Waals surface area (Å²) >= 11 is 0. The Kier molecular flexibility index (Phi) is 5.34. The van der Waals surface area contributed by atoms with Crippen molar-refractivity contribution in [3.63, 3.8) is 0 Å². The van der Waals surface area contributed by atoms with Crippen molar-refractivity contribution in [1.29, 1.82) is 0 Å². The van der Waals surface area contributed by atoms with Crippen LogP contribution in [0.2, 0.25) is 0 Å². The highest BCUT2D eigenvalue weighted by molar-refractivity contribution is 7.62. The number of aryl methyl sites for hydroxylation is 1. The van der Waals surface area contributed by atoms with E-state index >= 15 is 4.39 Å². The average Bonchev–Trinajstić information content (AvgIpc) is 3.40. The second-order valence-corrected chi connectivity index (χ2v) is 14.5. The van der Waals surface area contributed by atoms with Crippen LogP contribution < -0.4 is 4.74 Å². The van der Waals surface area contributed by atoms with Crippen molar-refractivity contribution < 1.29 is 31.4 Å². The molecule has 0 radical (unpaired) electrons. The Morgan fingerprint density at radius 2 is 1.90 bits per heavy atom. The van der Waals surface area contributed by atoms with Crippen LogP contribution in [0, 0.1) is 12.7 Å². The summed E-state index contributed by atoms with van der Waals surface area (Å²) in [5.41, 5.74) is 3.15. The molecule has 0 fully saturated rings. The van der Waals surface area contributed by atoms with E-state index in [4.69, 9.17) is 13.8 Å². The molecule has 0 unspecified atom stereocenters. The van der Waals surface area contributed by atoms with Crippen LogP contribution in [-0.2, 0) is 4.57 Å². The molecule has 40 heavy (non-hydrogen) atoms. The third-order valence-electron chi connectivity index (χ3n) is 8.19. The molecule has 0 saturated carbocycles. The van der Waals surface area contributed by atoms with Crippen molar-refractivity contribution in [2.45, 2.75) is 44.6 Å². The van der Waals surface area contributed by atoms with Crippen molar-refractivity contribution in [3.8, 4) is 16.9 Å². The summed E-state index contributed by atoms with van der Waals surface area (Å²) in [4.78, 5) is 19.1. The number of halogens is 3. The van der Waals surface area contributed by atoms with Crippen LogP contribution in [0.4, 0.5) is 13.2 Å². The van der Waals surface area contributed by atoms with E-state index in [1.54, 1.807) is 49.1 Å². The van der Waals surface area contributed by atoms with Crippen molar-refractivity contribution in [1.82, 2.24) is 14.5 Å². The monoisotopic (exact) mass is 570 g/mol. The normalized spacial score (nSPS) is 20.6. The molecular formula is C30H29F3N3O3P. The lowest BCUT2D eigenvalue weighted by Gasteiger charge is -2.24. The molecule has 0 aliphatic carbocycles. The molecule has 1 amide bonds. The number of hydrogen-bond acceptors (Lipinski definition) is 4. The van der Waals surface area contributed by atoms with Crippen LogP contribution >= 0.6 is 7.14 Å². The molecule has 208 valence electrons. The Balaban J connectivity index is 1.56. The van der Waals surface area contributed by atoms with Gasteiger partial charge in [-0.3, -0.25) is 4.79 Å². The van der Waals surface area contributed by atoms with E-state index in [1.807, 2.05) is 6.92 Å². The lowest BCUT2D eigenvalue weighted by Crippen LogP contribution is -2.30. The van der Waals surface area contributed by atoms with E-state index < -0.39 is 50.2 Å². The largest absolute Gasteiger partial charge is 0.434 e. The summed E-state index contributed by atoms with van der Waals surface area (Å²) in [6.07, 6.45) is 0.0948. The minimum Gasteiger partial charge on any atom is -0.434 e. The van der Waals surface area contributed by atoms with Gasteiger partial charge in [-0.15, -0.1) is 0 Å². The number of carbonyl (C=O) groups excluding carboxylic acids is 1. The van der Waals surface area contributed by atoms with Crippen molar-refractivity contribution in [2.24, 2.45) is 0 Å². The maximum absolute atomic E-state index is 15.4. The minimum atomic E-state index is -3.16. The maximum Gasteiger partial charge on any atom is 0.387 e. The zero-order chi connectivity index (χ0) is 31.2. The lowest BCUT2D eigenvalue weighted by molar-refractivity contribution is -0.0507. The first-order valence-electron chi connectivity index (χ1n) is 14.4. The number of nitrogens with zero attached hydrogens (tertiary/aromatic N) is 3. The maximum atomic E-state index is 15.4. The predicted octanol–water partition coefficient (Wildman–Crippen LogP) is 7.56. The van der Waals surface area contributed by atoms with Crippen LogP contribution in [0.15, 0.2) is 48.5 Å². The number of ether oxygens (including phenoxy) is 1. The van der Waals surface area contributed by atoms with E-state index in [1.165, 1.54) is 24.3 Å². The fourth-order valence-electron chi connectivity index (χ4n) is 5.95. The van der Waals surface area contributed by atoms with E-state index in [-0.39, 0.29) is 23.3 Å². The van der Waals surface area contributed by atoms with Gasteiger partial charge in [0.15, 0.2) is 0 Å². The minimum absolute atomic E-state index is 0.0304. The van der Waals surface area contributed by atoms with Gasteiger partial charge in [0.1, 0.15) is 17.4 Å². The number of aromatic nitrogens is 2. The van der Waals surface area contributed by atoms with Gasteiger partial charge >= 0.3 is 6.61 Å². The Bertz CT molecular complexity index is 1850. The summed E-state index contributed by atoms with van der Waals surface area (Å²) in [7, 11) is -2.60. The molecule has 4 aromatic rings. The van der Waals surface area contributed by atoms with Gasteiger partial charge in [-0.2, -0.15) is 8.78 Å². The van der Waals surface area contributed by atoms with Crippen LogP contribution in [0.5, 0.6) is 5.75 Å². The molecule has 2 aliphatic heterocycles. The molecule has 3 aromatic carbocycles. The standard InChI is InChI=1S/C30H29F3N3O3P/c1-15-11-20(16(2)40(4,5)38)21(31)13-19(15)17-9-10-22-23(12-17)36-24-14-25(28(36)34-22)35(3)29(37)18-7-6-8-26(27(18)24)39-30(32)33/h6-13,16,24-25,30H,14H2,1-5H3/t16-,24-,25-/m1/s1/i3D3. The summed E-state index contributed by atoms with van der Waals surface area (Å²) in [5.74, 6) is -1.19. The first-order chi connectivity index (χ1) is 20.1. The van der Waals surface area contributed by atoms with Gasteiger partial charge < -0.3 is 18.8 Å². The van der Waals surface area contributed by atoms with Crippen LogP contribution in [0.3, 0.4) is 0 Å². The molecule has 0 spiro atoms.